The molecule has 11 heteroatoms. The number of benzene rings is 2. The van der Waals surface area contributed by atoms with Crippen molar-refractivity contribution in [3.05, 3.63) is 90.0 Å². The number of ether oxygens (including phenoxy) is 2. The van der Waals surface area contributed by atoms with Gasteiger partial charge in [0.15, 0.2) is 0 Å². The van der Waals surface area contributed by atoms with E-state index in [0.29, 0.717) is 31.1 Å². The van der Waals surface area contributed by atoms with Crippen molar-refractivity contribution < 1.29 is 23.5 Å². The van der Waals surface area contributed by atoms with Gasteiger partial charge in [0.05, 0.1) is 31.1 Å². The van der Waals surface area contributed by atoms with Crippen molar-refractivity contribution in [1.29, 1.82) is 0 Å². The van der Waals surface area contributed by atoms with Crippen molar-refractivity contribution >= 4 is 11.8 Å². The number of methoxy groups -OCH3 is 2. The number of carbonyl (C=O) groups excluding carboxylic acids is 1. The SMILES string of the molecule is COCCN1C[C@@H](NC(=O)Nc2c(C)c(-c3ccc(OC)cc3)nn2-c2ccccc2)[C@H](c2ccnc(F)c2)O1. The van der Waals surface area contributed by atoms with Crippen LogP contribution in [-0.2, 0) is 9.57 Å². The summed E-state index contributed by atoms with van der Waals surface area (Å²) in [7, 11) is 3.22. The highest BCUT2D eigenvalue weighted by Gasteiger charge is 2.37. The van der Waals surface area contributed by atoms with Crippen LogP contribution in [0, 0.1) is 12.9 Å². The van der Waals surface area contributed by atoms with Gasteiger partial charge in [0.25, 0.3) is 0 Å². The molecular weight excluding hydrogens is 515 g/mol. The molecule has 2 amide bonds. The second-order valence-electron chi connectivity index (χ2n) is 9.32. The van der Waals surface area contributed by atoms with Gasteiger partial charge in [0.2, 0.25) is 5.95 Å². The maximum Gasteiger partial charge on any atom is 0.320 e. The maximum absolute atomic E-state index is 13.9. The number of nitrogens with zero attached hydrogens (tertiary/aromatic N) is 4. The smallest absolute Gasteiger partial charge is 0.320 e. The lowest BCUT2D eigenvalue weighted by molar-refractivity contribution is -0.154. The van der Waals surface area contributed by atoms with Crippen molar-refractivity contribution in [3.8, 4) is 22.7 Å². The number of amides is 2. The van der Waals surface area contributed by atoms with Gasteiger partial charge in [-0.3, -0.25) is 10.2 Å². The Morgan fingerprint density at radius 2 is 1.90 bits per heavy atom. The molecule has 0 bridgehead atoms. The van der Waals surface area contributed by atoms with Crippen LogP contribution in [0.2, 0.25) is 0 Å². The predicted molar refractivity (Wildman–Crippen MR) is 148 cm³/mol. The fourth-order valence-electron chi connectivity index (χ4n) is 4.67. The number of hydrogen-bond acceptors (Lipinski definition) is 7. The molecule has 1 aliphatic rings. The minimum absolute atomic E-state index is 0.388. The first-order valence-electron chi connectivity index (χ1n) is 12.9. The Morgan fingerprint density at radius 3 is 2.60 bits per heavy atom. The van der Waals surface area contributed by atoms with Crippen molar-refractivity contribution in [2.75, 3.05) is 39.2 Å². The van der Waals surface area contributed by atoms with Crippen LogP contribution in [0.25, 0.3) is 16.9 Å². The van der Waals surface area contributed by atoms with E-state index in [2.05, 4.69) is 15.6 Å². The summed E-state index contributed by atoms with van der Waals surface area (Å²) in [5, 5.41) is 12.6. The molecule has 2 aromatic heterocycles. The second-order valence-corrected chi connectivity index (χ2v) is 9.32. The molecule has 2 atom stereocenters. The summed E-state index contributed by atoms with van der Waals surface area (Å²) in [6.45, 7) is 3.24. The first kappa shape index (κ1) is 27.3. The van der Waals surface area contributed by atoms with Crippen LogP contribution in [0.15, 0.2) is 72.9 Å². The zero-order valence-electron chi connectivity index (χ0n) is 22.5. The third-order valence-corrected chi connectivity index (χ3v) is 6.69. The van der Waals surface area contributed by atoms with Gasteiger partial charge in [-0.05, 0) is 61.0 Å². The number of carbonyl (C=O) groups is 1. The van der Waals surface area contributed by atoms with Crippen LogP contribution in [0.3, 0.4) is 0 Å². The molecule has 40 heavy (non-hydrogen) atoms. The number of nitrogens with one attached hydrogen (secondary N) is 2. The Labute approximate surface area is 231 Å². The Hall–Kier alpha value is -4.32. The van der Waals surface area contributed by atoms with Gasteiger partial charge >= 0.3 is 6.03 Å². The molecule has 5 rings (SSSR count). The van der Waals surface area contributed by atoms with Crippen LogP contribution in [0.5, 0.6) is 5.75 Å². The molecule has 0 saturated carbocycles. The van der Waals surface area contributed by atoms with Gasteiger partial charge in [0.1, 0.15) is 17.7 Å². The number of aromatic nitrogens is 3. The Bertz CT molecular complexity index is 1450. The number of urea groups is 1. The van der Waals surface area contributed by atoms with Crippen molar-refractivity contribution in [1.82, 2.24) is 25.1 Å². The Balaban J connectivity index is 1.42. The summed E-state index contributed by atoms with van der Waals surface area (Å²) < 4.78 is 26.1. The van der Waals surface area contributed by atoms with E-state index in [1.807, 2.05) is 61.5 Å². The quantitative estimate of drug-likeness (QED) is 0.298. The zero-order valence-corrected chi connectivity index (χ0v) is 22.5. The lowest BCUT2D eigenvalue weighted by Gasteiger charge is -2.19. The molecule has 10 nitrogen and oxygen atoms in total. The number of hydrogen-bond donors (Lipinski definition) is 2. The minimum atomic E-state index is -0.618. The molecule has 0 aliphatic carbocycles. The van der Waals surface area contributed by atoms with Crippen LogP contribution in [-0.4, -0.2) is 65.8 Å². The molecule has 2 aromatic carbocycles. The van der Waals surface area contributed by atoms with E-state index >= 15 is 0 Å². The third-order valence-electron chi connectivity index (χ3n) is 6.69. The molecule has 2 N–H and O–H groups in total. The van der Waals surface area contributed by atoms with Gasteiger partial charge in [-0.2, -0.15) is 14.6 Å². The monoisotopic (exact) mass is 546 g/mol. The predicted octanol–water partition coefficient (Wildman–Crippen LogP) is 4.52. The number of halogens is 1. The fourth-order valence-corrected chi connectivity index (χ4v) is 4.67. The van der Waals surface area contributed by atoms with E-state index in [9.17, 15) is 9.18 Å². The standard InChI is InChI=1S/C29H31FN6O4/c1-19-26(20-9-11-23(39-3)12-10-20)34-36(22-7-5-4-6-8-22)28(19)33-29(37)32-24-18-35(15-16-38-2)40-27(24)21-13-14-31-25(30)17-21/h4-14,17,24,27H,15-16,18H2,1-3H3,(H2,32,33,37)/t24-,27+/m1/s1. The number of para-hydroxylation sites is 1. The highest BCUT2D eigenvalue weighted by atomic mass is 19.1. The normalized spacial score (nSPS) is 17.1. The molecule has 1 fully saturated rings. The lowest BCUT2D eigenvalue weighted by Crippen LogP contribution is -2.42. The second kappa shape index (κ2) is 12.2. The summed E-state index contributed by atoms with van der Waals surface area (Å²) in [6.07, 6.45) is 0.779. The van der Waals surface area contributed by atoms with Crippen LogP contribution in [0.4, 0.5) is 15.0 Å². The van der Waals surface area contributed by atoms with E-state index in [1.165, 1.54) is 12.3 Å². The number of anilines is 1. The van der Waals surface area contributed by atoms with E-state index in [4.69, 9.17) is 19.4 Å². The Kier molecular flexibility index (Phi) is 8.34. The first-order valence-corrected chi connectivity index (χ1v) is 12.9. The van der Waals surface area contributed by atoms with Gasteiger partial charge in [0, 0.05) is 37.5 Å². The fraction of sp³-hybridized carbons (Fsp3) is 0.276. The van der Waals surface area contributed by atoms with Crippen molar-refractivity contribution in [3.63, 3.8) is 0 Å². The third kappa shape index (κ3) is 5.96. The average molecular weight is 547 g/mol. The number of pyridine rings is 1. The highest BCUT2D eigenvalue weighted by molar-refractivity contribution is 5.91. The molecule has 208 valence electrons. The molecule has 1 aliphatic heterocycles. The van der Waals surface area contributed by atoms with E-state index in [-0.39, 0.29) is 0 Å². The molecule has 0 radical (unpaired) electrons. The molecule has 0 unspecified atom stereocenters. The first-order chi connectivity index (χ1) is 19.5. The van der Waals surface area contributed by atoms with Crippen LogP contribution in [0.1, 0.15) is 17.2 Å². The summed E-state index contributed by atoms with van der Waals surface area (Å²) in [6, 6.07) is 19.2. The van der Waals surface area contributed by atoms with Gasteiger partial charge in [-0.15, -0.1) is 0 Å². The summed E-state index contributed by atoms with van der Waals surface area (Å²) in [5.41, 5.74) is 3.77. The maximum atomic E-state index is 13.9. The highest BCUT2D eigenvalue weighted by Crippen LogP contribution is 2.32. The Morgan fingerprint density at radius 1 is 1.12 bits per heavy atom. The summed E-state index contributed by atoms with van der Waals surface area (Å²) >= 11 is 0. The topological polar surface area (TPSA) is 103 Å². The largest absolute Gasteiger partial charge is 0.497 e. The minimum Gasteiger partial charge on any atom is -0.497 e. The summed E-state index contributed by atoms with van der Waals surface area (Å²) in [5.74, 6) is 0.646. The summed E-state index contributed by atoms with van der Waals surface area (Å²) in [4.78, 5) is 23.1. The van der Waals surface area contributed by atoms with E-state index in [1.54, 1.807) is 30.0 Å². The molecule has 4 aromatic rings. The lowest BCUT2D eigenvalue weighted by atomic mass is 10.0. The van der Waals surface area contributed by atoms with Crippen molar-refractivity contribution in [2.24, 2.45) is 0 Å². The zero-order chi connectivity index (χ0) is 28.1. The number of rotatable bonds is 9. The van der Waals surface area contributed by atoms with Gasteiger partial charge in [-0.25, -0.2) is 14.5 Å². The van der Waals surface area contributed by atoms with Gasteiger partial charge < -0.3 is 14.8 Å². The van der Waals surface area contributed by atoms with Crippen LogP contribution < -0.4 is 15.4 Å². The molecule has 1 saturated heterocycles. The molecule has 3 heterocycles. The van der Waals surface area contributed by atoms with E-state index < -0.39 is 24.1 Å². The van der Waals surface area contributed by atoms with E-state index in [0.717, 1.165) is 28.3 Å². The van der Waals surface area contributed by atoms with Crippen LogP contribution >= 0.6 is 0 Å². The average Bonchev–Trinajstić information content (AvgIpc) is 3.52. The van der Waals surface area contributed by atoms with Gasteiger partial charge in [-0.1, -0.05) is 18.2 Å². The molecular formula is C29H31FN6O4. The number of hydroxylamine groups is 2. The molecule has 0 spiro atoms. The van der Waals surface area contributed by atoms with Crippen molar-refractivity contribution in [2.45, 2.75) is 19.1 Å².